The molecule has 0 unspecified atom stereocenters. The number of rotatable bonds is 2. The summed E-state index contributed by atoms with van der Waals surface area (Å²) in [6.45, 7) is 11.5. The SMILES string of the molecule is [C-]#[N+]Cc1cc(Cl)nc(N2CCOC[C@H]2C)c1. The maximum Gasteiger partial charge on any atom is 0.240 e. The zero-order chi connectivity index (χ0) is 12.3. The van der Waals surface area contributed by atoms with E-state index < -0.39 is 0 Å². The molecule has 0 saturated carbocycles. The van der Waals surface area contributed by atoms with Crippen LogP contribution in [-0.4, -0.2) is 30.8 Å². The van der Waals surface area contributed by atoms with E-state index in [2.05, 4.69) is 21.7 Å². The highest BCUT2D eigenvalue weighted by atomic mass is 35.5. The third-order valence-corrected chi connectivity index (χ3v) is 2.96. The van der Waals surface area contributed by atoms with Crippen LogP contribution in [0.3, 0.4) is 0 Å². The maximum atomic E-state index is 6.89. The summed E-state index contributed by atoms with van der Waals surface area (Å²) < 4.78 is 5.39. The van der Waals surface area contributed by atoms with E-state index in [1.165, 1.54) is 0 Å². The van der Waals surface area contributed by atoms with Crippen LogP contribution in [0.4, 0.5) is 5.82 Å². The summed E-state index contributed by atoms with van der Waals surface area (Å²) in [5, 5.41) is 0.444. The van der Waals surface area contributed by atoms with Crippen LogP contribution in [0.5, 0.6) is 0 Å². The average Bonchev–Trinajstić information content (AvgIpc) is 2.29. The van der Waals surface area contributed by atoms with Crippen molar-refractivity contribution in [1.82, 2.24) is 4.98 Å². The van der Waals surface area contributed by atoms with E-state index in [-0.39, 0.29) is 6.04 Å². The van der Waals surface area contributed by atoms with E-state index in [0.717, 1.165) is 17.9 Å². The molecule has 1 aromatic rings. The number of hydrogen-bond acceptors (Lipinski definition) is 3. The third kappa shape index (κ3) is 2.87. The molecule has 1 saturated heterocycles. The Morgan fingerprint density at radius 2 is 2.47 bits per heavy atom. The van der Waals surface area contributed by atoms with Gasteiger partial charge in [0.15, 0.2) is 0 Å². The first kappa shape index (κ1) is 12.2. The van der Waals surface area contributed by atoms with Crippen molar-refractivity contribution in [2.45, 2.75) is 19.5 Å². The minimum absolute atomic E-state index is 0.288. The zero-order valence-electron chi connectivity index (χ0n) is 9.69. The molecular weight excluding hydrogens is 238 g/mol. The van der Waals surface area contributed by atoms with Gasteiger partial charge in [0.05, 0.1) is 19.3 Å². The van der Waals surface area contributed by atoms with Gasteiger partial charge in [0, 0.05) is 12.1 Å². The monoisotopic (exact) mass is 251 g/mol. The van der Waals surface area contributed by atoms with Crippen LogP contribution in [0.25, 0.3) is 4.85 Å². The Morgan fingerprint density at radius 1 is 1.65 bits per heavy atom. The van der Waals surface area contributed by atoms with Crippen molar-refractivity contribution >= 4 is 17.4 Å². The molecule has 1 aliphatic rings. The van der Waals surface area contributed by atoms with Crippen LogP contribution in [0.2, 0.25) is 5.15 Å². The molecule has 90 valence electrons. The number of halogens is 1. The number of nitrogens with zero attached hydrogens (tertiary/aromatic N) is 3. The predicted molar refractivity (Wildman–Crippen MR) is 67.2 cm³/mol. The van der Waals surface area contributed by atoms with Crippen molar-refractivity contribution in [3.8, 4) is 0 Å². The van der Waals surface area contributed by atoms with E-state index >= 15 is 0 Å². The first-order chi connectivity index (χ1) is 8.20. The molecule has 1 aromatic heterocycles. The number of anilines is 1. The van der Waals surface area contributed by atoms with Crippen LogP contribution < -0.4 is 4.90 Å². The molecule has 2 rings (SSSR count). The van der Waals surface area contributed by atoms with Gasteiger partial charge in [-0.1, -0.05) is 11.6 Å². The summed E-state index contributed by atoms with van der Waals surface area (Å²) in [5.74, 6) is 0.840. The standard InChI is InChI=1S/C12H14ClN3O/c1-9-8-17-4-3-16(9)12-6-10(7-14-2)5-11(13)15-12/h5-6,9H,3-4,7-8H2,1H3/t9-/m1/s1. The summed E-state index contributed by atoms with van der Waals surface area (Å²) in [7, 11) is 0. The molecule has 1 aliphatic heterocycles. The molecule has 2 heterocycles. The van der Waals surface area contributed by atoms with Crippen LogP contribution in [0, 0.1) is 6.57 Å². The molecule has 1 atom stereocenters. The van der Waals surface area contributed by atoms with E-state index in [4.69, 9.17) is 22.9 Å². The van der Waals surface area contributed by atoms with Gasteiger partial charge in [-0.3, -0.25) is 0 Å². The molecule has 0 aromatic carbocycles. The first-order valence-corrected chi connectivity index (χ1v) is 5.92. The maximum absolute atomic E-state index is 6.89. The van der Waals surface area contributed by atoms with Crippen LogP contribution in [-0.2, 0) is 11.3 Å². The Hall–Kier alpha value is -1.31. The number of pyridine rings is 1. The molecule has 0 bridgehead atoms. The van der Waals surface area contributed by atoms with Crippen molar-refractivity contribution in [2.24, 2.45) is 0 Å². The lowest BCUT2D eigenvalue weighted by atomic mass is 10.2. The Bertz CT molecular complexity index is 444. The molecule has 0 spiro atoms. The zero-order valence-corrected chi connectivity index (χ0v) is 10.4. The highest BCUT2D eigenvalue weighted by molar-refractivity contribution is 6.29. The fraction of sp³-hybridized carbons (Fsp3) is 0.500. The van der Waals surface area contributed by atoms with E-state index in [0.29, 0.717) is 24.9 Å². The summed E-state index contributed by atoms with van der Waals surface area (Å²) >= 11 is 5.98. The summed E-state index contributed by atoms with van der Waals surface area (Å²) in [4.78, 5) is 9.87. The third-order valence-electron chi connectivity index (χ3n) is 2.76. The minimum atomic E-state index is 0.288. The lowest BCUT2D eigenvalue weighted by Gasteiger charge is -2.34. The number of hydrogen-bond donors (Lipinski definition) is 0. The second-order valence-electron chi connectivity index (χ2n) is 4.09. The fourth-order valence-electron chi connectivity index (χ4n) is 1.93. The van der Waals surface area contributed by atoms with Gasteiger partial charge in [0.1, 0.15) is 11.0 Å². The minimum Gasteiger partial charge on any atom is -0.377 e. The Kier molecular flexibility index (Phi) is 3.82. The van der Waals surface area contributed by atoms with Crippen LogP contribution in [0.1, 0.15) is 12.5 Å². The van der Waals surface area contributed by atoms with Crippen LogP contribution in [0.15, 0.2) is 12.1 Å². The molecule has 1 fully saturated rings. The molecule has 0 radical (unpaired) electrons. The van der Waals surface area contributed by atoms with Gasteiger partial charge in [0.2, 0.25) is 6.54 Å². The topological polar surface area (TPSA) is 29.7 Å². The molecule has 17 heavy (non-hydrogen) atoms. The smallest absolute Gasteiger partial charge is 0.240 e. The van der Waals surface area contributed by atoms with Gasteiger partial charge in [-0.05, 0) is 19.1 Å². The van der Waals surface area contributed by atoms with Gasteiger partial charge >= 0.3 is 0 Å². The van der Waals surface area contributed by atoms with Crippen molar-refractivity contribution in [3.05, 3.63) is 34.3 Å². The first-order valence-electron chi connectivity index (χ1n) is 5.55. The second-order valence-corrected chi connectivity index (χ2v) is 4.48. The average molecular weight is 252 g/mol. The molecular formula is C12H14ClN3O. The molecule has 0 N–H and O–H groups in total. The molecule has 0 amide bonds. The molecule has 0 aliphatic carbocycles. The van der Waals surface area contributed by atoms with Crippen LogP contribution >= 0.6 is 11.6 Å². The lowest BCUT2D eigenvalue weighted by Crippen LogP contribution is -2.44. The van der Waals surface area contributed by atoms with E-state index in [1.54, 1.807) is 6.07 Å². The van der Waals surface area contributed by atoms with Gasteiger partial charge in [-0.2, -0.15) is 0 Å². The predicted octanol–water partition coefficient (Wildman–Crippen LogP) is 2.38. The second kappa shape index (κ2) is 5.35. The number of aromatic nitrogens is 1. The summed E-state index contributed by atoms with van der Waals surface area (Å²) in [5.41, 5.74) is 0.911. The van der Waals surface area contributed by atoms with Crippen molar-refractivity contribution in [3.63, 3.8) is 0 Å². The Labute approximate surface area is 106 Å². The van der Waals surface area contributed by atoms with Gasteiger partial charge in [-0.25, -0.2) is 11.6 Å². The van der Waals surface area contributed by atoms with Gasteiger partial charge in [0.25, 0.3) is 0 Å². The molecule has 4 nitrogen and oxygen atoms in total. The largest absolute Gasteiger partial charge is 0.377 e. The summed E-state index contributed by atoms with van der Waals surface area (Å²) in [6, 6.07) is 3.97. The molecule has 5 heteroatoms. The Balaban J connectivity index is 2.27. The fourth-order valence-corrected chi connectivity index (χ4v) is 2.16. The number of ether oxygens (including phenoxy) is 1. The van der Waals surface area contributed by atoms with Crippen molar-refractivity contribution in [2.75, 3.05) is 24.7 Å². The lowest BCUT2D eigenvalue weighted by molar-refractivity contribution is 0.0985. The normalized spacial score (nSPS) is 20.1. The van der Waals surface area contributed by atoms with Crippen molar-refractivity contribution < 1.29 is 4.74 Å². The highest BCUT2D eigenvalue weighted by Gasteiger charge is 2.21. The van der Waals surface area contributed by atoms with Gasteiger partial charge in [-0.15, -0.1) is 0 Å². The highest BCUT2D eigenvalue weighted by Crippen LogP contribution is 2.22. The number of morpholine rings is 1. The van der Waals surface area contributed by atoms with Gasteiger partial charge < -0.3 is 14.5 Å². The Morgan fingerprint density at radius 3 is 3.18 bits per heavy atom. The van der Waals surface area contributed by atoms with E-state index in [9.17, 15) is 0 Å². The summed E-state index contributed by atoms with van der Waals surface area (Å²) in [6.07, 6.45) is 0. The van der Waals surface area contributed by atoms with Crippen molar-refractivity contribution in [1.29, 1.82) is 0 Å². The van der Waals surface area contributed by atoms with E-state index in [1.807, 2.05) is 6.07 Å². The quantitative estimate of drug-likeness (QED) is 0.597.